The van der Waals surface area contributed by atoms with Crippen LogP contribution in [0, 0.1) is 0 Å². The average molecular weight is 410 g/mol. The Balaban J connectivity index is 2.22. The van der Waals surface area contributed by atoms with Crippen LogP contribution in [-0.4, -0.2) is 48.3 Å². The highest BCUT2D eigenvalue weighted by Gasteiger charge is 2.45. The fourth-order valence-electron chi connectivity index (χ4n) is 3.62. The van der Waals surface area contributed by atoms with Crippen molar-refractivity contribution < 1.29 is 28.2 Å². The van der Waals surface area contributed by atoms with E-state index in [-0.39, 0.29) is 0 Å². The van der Waals surface area contributed by atoms with Gasteiger partial charge in [0.1, 0.15) is 5.75 Å². The molecular weight excluding hydrogens is 382 g/mol. The van der Waals surface area contributed by atoms with Crippen LogP contribution < -0.4 is 4.74 Å². The van der Waals surface area contributed by atoms with Gasteiger partial charge in [0, 0.05) is 24.2 Å². The molecule has 2 aliphatic heterocycles. The summed E-state index contributed by atoms with van der Waals surface area (Å²) in [7, 11) is -3.50. The summed E-state index contributed by atoms with van der Waals surface area (Å²) in [4.78, 5) is 12.2. The quantitative estimate of drug-likeness (QED) is 0.792. The zero-order valence-electron chi connectivity index (χ0n) is 16.8. The molecule has 0 spiro atoms. The number of carboxylic acid groups (broad SMARTS) is 1. The summed E-state index contributed by atoms with van der Waals surface area (Å²) in [5.41, 5.74) is -0.358. The minimum absolute atomic E-state index is 0.311. The van der Waals surface area contributed by atoms with E-state index in [9.17, 15) is 23.4 Å². The van der Waals surface area contributed by atoms with Crippen LogP contribution in [0.15, 0.2) is 17.0 Å². The number of rotatable bonds is 4. The van der Waals surface area contributed by atoms with E-state index < -0.39 is 33.1 Å². The molecule has 1 fully saturated rings. The zero-order valence-corrected chi connectivity index (χ0v) is 17.6. The standard InChI is InChI=1S/C20H27NO6S/c1-6-21-8-7-13(28(21,25)26)9-12-10-14(19(2,3)17(22)23)16-15(11-12)20(4,5)18(24)27-16/h9-11,18,24H,6-8H2,1-5H3,(H,22,23)/b13-9+. The second-order valence-corrected chi connectivity index (χ2v) is 10.4. The predicted molar refractivity (Wildman–Crippen MR) is 106 cm³/mol. The monoisotopic (exact) mass is 409 g/mol. The molecule has 0 aromatic heterocycles. The highest BCUT2D eigenvalue weighted by Crippen LogP contribution is 2.48. The molecule has 154 valence electrons. The summed E-state index contributed by atoms with van der Waals surface area (Å²) in [5.74, 6) is -0.676. The van der Waals surface area contributed by atoms with Crippen LogP contribution in [0.5, 0.6) is 5.75 Å². The smallest absolute Gasteiger partial charge is 0.313 e. The molecule has 2 N–H and O–H groups in total. The van der Waals surface area contributed by atoms with Crippen molar-refractivity contribution in [2.45, 2.75) is 58.2 Å². The van der Waals surface area contributed by atoms with Crippen molar-refractivity contribution in [3.63, 3.8) is 0 Å². The van der Waals surface area contributed by atoms with Gasteiger partial charge >= 0.3 is 5.97 Å². The van der Waals surface area contributed by atoms with Crippen LogP contribution in [0.25, 0.3) is 6.08 Å². The number of ether oxygens (including phenoxy) is 1. The third-order valence-corrected chi connectivity index (χ3v) is 7.92. The van der Waals surface area contributed by atoms with Crippen LogP contribution in [0.2, 0.25) is 0 Å². The Morgan fingerprint density at radius 3 is 2.57 bits per heavy atom. The molecule has 3 rings (SSSR count). The Bertz CT molecular complexity index is 961. The van der Waals surface area contributed by atoms with Crippen LogP contribution in [0.4, 0.5) is 0 Å². The first kappa shape index (κ1) is 20.8. The van der Waals surface area contributed by atoms with Gasteiger partial charge in [-0.15, -0.1) is 0 Å². The summed E-state index contributed by atoms with van der Waals surface area (Å²) in [6, 6.07) is 3.43. The first-order valence-corrected chi connectivity index (χ1v) is 10.7. The highest BCUT2D eigenvalue weighted by atomic mass is 32.2. The SMILES string of the molecule is CCN1CC/C(=C\c2cc(C(C)(C)C(=O)O)c3c(c2)C(C)(C)C(O)O3)S1(=O)=O. The fraction of sp³-hybridized carbons (Fsp3) is 0.550. The lowest BCUT2D eigenvalue weighted by molar-refractivity contribution is -0.142. The van der Waals surface area contributed by atoms with Gasteiger partial charge in [-0.2, -0.15) is 4.31 Å². The Morgan fingerprint density at radius 1 is 1.39 bits per heavy atom. The first-order chi connectivity index (χ1) is 12.8. The molecule has 0 aliphatic carbocycles. The maximum absolute atomic E-state index is 12.6. The summed E-state index contributed by atoms with van der Waals surface area (Å²) < 4.78 is 32.3. The second-order valence-electron chi connectivity index (χ2n) is 8.42. The number of nitrogens with zero attached hydrogens (tertiary/aromatic N) is 1. The minimum Gasteiger partial charge on any atom is -0.481 e. The number of carbonyl (C=O) groups is 1. The highest BCUT2D eigenvalue weighted by molar-refractivity contribution is 7.93. The number of aliphatic hydroxyl groups excluding tert-OH is 1. The third kappa shape index (κ3) is 3.03. The molecule has 0 radical (unpaired) electrons. The van der Waals surface area contributed by atoms with Crippen LogP contribution in [-0.2, 0) is 25.6 Å². The summed E-state index contributed by atoms with van der Waals surface area (Å²) >= 11 is 0. The lowest BCUT2D eigenvalue weighted by Gasteiger charge is -2.23. The molecule has 1 aromatic carbocycles. The van der Waals surface area contributed by atoms with E-state index in [1.165, 1.54) is 4.31 Å². The van der Waals surface area contributed by atoms with Crippen LogP contribution >= 0.6 is 0 Å². The van der Waals surface area contributed by atoms with Gasteiger partial charge in [0.15, 0.2) is 0 Å². The third-order valence-electron chi connectivity index (χ3n) is 5.82. The molecule has 2 aliphatic rings. The summed E-state index contributed by atoms with van der Waals surface area (Å²) in [5, 5.41) is 20.1. The molecule has 1 saturated heterocycles. The second kappa shape index (κ2) is 6.57. The van der Waals surface area contributed by atoms with E-state index in [1.807, 2.05) is 13.8 Å². The molecule has 1 aromatic rings. The van der Waals surface area contributed by atoms with Gasteiger partial charge < -0.3 is 14.9 Å². The van der Waals surface area contributed by atoms with Crippen LogP contribution in [0.3, 0.4) is 0 Å². The minimum atomic E-state index is -3.50. The van der Waals surface area contributed by atoms with Crippen molar-refractivity contribution in [3.05, 3.63) is 33.7 Å². The molecule has 0 amide bonds. The Kier molecular flexibility index (Phi) is 4.89. The number of aliphatic carboxylic acids is 1. The molecule has 1 unspecified atom stereocenters. The van der Waals surface area contributed by atoms with Crippen molar-refractivity contribution in [1.29, 1.82) is 0 Å². The van der Waals surface area contributed by atoms with E-state index in [2.05, 4.69) is 0 Å². The largest absolute Gasteiger partial charge is 0.481 e. The van der Waals surface area contributed by atoms with Crippen LogP contribution in [0.1, 0.15) is 57.7 Å². The number of carboxylic acids is 1. The van der Waals surface area contributed by atoms with E-state index in [1.54, 1.807) is 39.0 Å². The number of hydrogen-bond donors (Lipinski definition) is 2. The van der Waals surface area contributed by atoms with Crippen molar-refractivity contribution in [1.82, 2.24) is 4.31 Å². The van der Waals surface area contributed by atoms with Gasteiger partial charge in [-0.25, -0.2) is 8.42 Å². The lowest BCUT2D eigenvalue weighted by Crippen LogP contribution is -2.31. The Morgan fingerprint density at radius 2 is 2.04 bits per heavy atom. The number of fused-ring (bicyclic) bond motifs is 1. The molecule has 2 heterocycles. The topological polar surface area (TPSA) is 104 Å². The van der Waals surface area contributed by atoms with Gasteiger partial charge in [-0.05, 0) is 57.9 Å². The normalized spacial score (nSPS) is 24.9. The van der Waals surface area contributed by atoms with Crippen molar-refractivity contribution in [2.75, 3.05) is 13.1 Å². The zero-order chi connectivity index (χ0) is 21.1. The summed E-state index contributed by atoms with van der Waals surface area (Å²) in [6.07, 6.45) is 0.903. The molecule has 8 heteroatoms. The van der Waals surface area contributed by atoms with Gasteiger partial charge in [-0.1, -0.05) is 6.92 Å². The maximum Gasteiger partial charge on any atom is 0.313 e. The van der Waals surface area contributed by atoms with Gasteiger partial charge in [0.25, 0.3) is 0 Å². The first-order valence-electron chi connectivity index (χ1n) is 9.31. The molecular formula is C20H27NO6S. The number of aliphatic hydroxyl groups is 1. The number of benzene rings is 1. The van der Waals surface area contributed by atoms with E-state index in [0.29, 0.717) is 46.9 Å². The predicted octanol–water partition coefficient (Wildman–Crippen LogP) is 2.43. The molecule has 7 nitrogen and oxygen atoms in total. The Labute approximate surface area is 165 Å². The molecule has 28 heavy (non-hydrogen) atoms. The van der Waals surface area contributed by atoms with E-state index in [4.69, 9.17) is 4.74 Å². The van der Waals surface area contributed by atoms with E-state index in [0.717, 1.165) is 0 Å². The summed E-state index contributed by atoms with van der Waals surface area (Å²) in [6.45, 7) is 9.39. The van der Waals surface area contributed by atoms with Gasteiger partial charge in [0.05, 0.1) is 15.7 Å². The van der Waals surface area contributed by atoms with Crippen molar-refractivity contribution in [2.24, 2.45) is 0 Å². The Hall–Kier alpha value is -1.90. The lowest BCUT2D eigenvalue weighted by atomic mass is 9.78. The number of sulfonamides is 1. The molecule has 0 saturated carbocycles. The van der Waals surface area contributed by atoms with Crippen molar-refractivity contribution in [3.8, 4) is 5.75 Å². The molecule has 0 bridgehead atoms. The fourth-order valence-corrected chi connectivity index (χ4v) is 5.26. The van der Waals surface area contributed by atoms with E-state index >= 15 is 0 Å². The average Bonchev–Trinajstić information content (AvgIpc) is 3.00. The maximum atomic E-state index is 12.6. The van der Waals surface area contributed by atoms with Gasteiger partial charge in [-0.3, -0.25) is 4.79 Å². The molecule has 1 atom stereocenters. The van der Waals surface area contributed by atoms with Gasteiger partial charge in [0.2, 0.25) is 16.3 Å². The number of hydrogen-bond acceptors (Lipinski definition) is 5. The van der Waals surface area contributed by atoms with Crippen molar-refractivity contribution >= 4 is 22.1 Å².